The summed E-state index contributed by atoms with van der Waals surface area (Å²) in [6.07, 6.45) is 0. The minimum Gasteiger partial charge on any atom is -0.454 e. The highest BCUT2D eigenvalue weighted by atomic mass is 35.5. The van der Waals surface area contributed by atoms with Gasteiger partial charge in [0, 0.05) is 17.1 Å². The predicted molar refractivity (Wildman–Crippen MR) is 101 cm³/mol. The number of halogens is 1. The molecule has 0 bridgehead atoms. The molecule has 4 rings (SSSR count). The van der Waals surface area contributed by atoms with Gasteiger partial charge in [0.1, 0.15) is 16.6 Å². The first-order chi connectivity index (χ1) is 13.0. The Kier molecular flexibility index (Phi) is 4.37. The number of alkyl halides is 1. The summed E-state index contributed by atoms with van der Waals surface area (Å²) in [6, 6.07) is 12.1. The highest BCUT2D eigenvalue weighted by Gasteiger charge is 2.24. The van der Waals surface area contributed by atoms with Gasteiger partial charge >= 0.3 is 0 Å². The van der Waals surface area contributed by atoms with Crippen molar-refractivity contribution in [3.8, 4) is 11.5 Å². The summed E-state index contributed by atoms with van der Waals surface area (Å²) in [5, 5.41) is 5.26. The summed E-state index contributed by atoms with van der Waals surface area (Å²) < 4.78 is 16.2. The highest BCUT2D eigenvalue weighted by molar-refractivity contribution is 6.33. The van der Waals surface area contributed by atoms with Gasteiger partial charge in [-0.3, -0.25) is 9.59 Å². The second-order valence-corrected chi connectivity index (χ2v) is 6.58. The van der Waals surface area contributed by atoms with Crippen LogP contribution in [0.5, 0.6) is 11.5 Å². The molecule has 2 aromatic carbocycles. The molecule has 0 fully saturated rings. The molecule has 2 heterocycles. The van der Waals surface area contributed by atoms with Gasteiger partial charge in [0.25, 0.3) is 5.91 Å². The van der Waals surface area contributed by atoms with E-state index in [0.29, 0.717) is 28.2 Å². The molecule has 3 aromatic rings. The monoisotopic (exact) mass is 386 g/mol. The molecular weight excluding hydrogens is 372 g/mol. The van der Waals surface area contributed by atoms with Crippen LogP contribution in [0, 0.1) is 0 Å². The number of carbonyl (C=O) groups is 2. The van der Waals surface area contributed by atoms with Crippen LogP contribution in [0.25, 0.3) is 11.0 Å². The average Bonchev–Trinajstić information content (AvgIpc) is 3.26. The number of furan rings is 1. The molecule has 0 radical (unpaired) electrons. The lowest BCUT2D eigenvalue weighted by atomic mass is 10.2. The molecule has 0 saturated heterocycles. The van der Waals surface area contributed by atoms with Crippen LogP contribution in [-0.2, 0) is 4.79 Å². The van der Waals surface area contributed by atoms with E-state index in [1.165, 1.54) is 0 Å². The third-order valence-corrected chi connectivity index (χ3v) is 4.24. The number of carbonyl (C=O) groups excluding carboxylic acids is 2. The number of hydrogen-bond donors (Lipinski definition) is 2. The minimum absolute atomic E-state index is 0.0143. The molecule has 138 valence electrons. The molecule has 1 aliphatic rings. The summed E-state index contributed by atoms with van der Waals surface area (Å²) >= 11 is 5.84. The number of para-hydroxylation sites is 1. The van der Waals surface area contributed by atoms with E-state index in [1.54, 1.807) is 49.4 Å². The third-order valence-electron chi connectivity index (χ3n) is 4.04. The third kappa shape index (κ3) is 3.29. The van der Waals surface area contributed by atoms with Crippen LogP contribution in [0.4, 0.5) is 11.4 Å². The van der Waals surface area contributed by atoms with Crippen molar-refractivity contribution in [1.82, 2.24) is 0 Å². The second-order valence-electron chi connectivity index (χ2n) is 5.93. The van der Waals surface area contributed by atoms with Crippen LogP contribution in [0.2, 0.25) is 0 Å². The summed E-state index contributed by atoms with van der Waals surface area (Å²) in [5.41, 5.74) is 1.26. The summed E-state index contributed by atoms with van der Waals surface area (Å²) in [7, 11) is 0. The smallest absolute Gasteiger partial charge is 0.293 e. The van der Waals surface area contributed by atoms with Crippen molar-refractivity contribution >= 4 is 45.8 Å². The van der Waals surface area contributed by atoms with Crippen molar-refractivity contribution in [2.45, 2.75) is 12.3 Å². The van der Waals surface area contributed by atoms with Gasteiger partial charge in [0.2, 0.25) is 18.5 Å². The number of nitrogens with one attached hydrogen (secondary N) is 2. The standard InChI is InChI=1S/C19H15ClN2O5/c1-10(20)18(23)22-16-12-4-2-3-5-13(12)27-17(16)19(24)21-11-6-7-14-15(8-11)26-9-25-14/h2-8,10H,9H2,1H3,(H,21,24)(H,22,23). The zero-order valence-electron chi connectivity index (χ0n) is 14.2. The summed E-state index contributed by atoms with van der Waals surface area (Å²) in [5.74, 6) is 0.199. The molecule has 1 unspecified atom stereocenters. The predicted octanol–water partition coefficient (Wildman–Crippen LogP) is 3.98. The number of fused-ring (bicyclic) bond motifs is 2. The Morgan fingerprint density at radius 2 is 1.85 bits per heavy atom. The molecule has 2 amide bonds. The van der Waals surface area contributed by atoms with Gasteiger partial charge in [0.15, 0.2) is 11.5 Å². The number of hydrogen-bond acceptors (Lipinski definition) is 5. The first-order valence-electron chi connectivity index (χ1n) is 8.20. The zero-order chi connectivity index (χ0) is 19.0. The van der Waals surface area contributed by atoms with Crippen LogP contribution in [0.3, 0.4) is 0 Å². The first kappa shape index (κ1) is 17.2. The fourth-order valence-corrected chi connectivity index (χ4v) is 2.77. The van der Waals surface area contributed by atoms with E-state index in [0.717, 1.165) is 0 Å². The molecule has 1 aromatic heterocycles. The van der Waals surface area contributed by atoms with Gasteiger partial charge in [-0.05, 0) is 31.2 Å². The van der Waals surface area contributed by atoms with Crippen LogP contribution in [0.1, 0.15) is 17.5 Å². The van der Waals surface area contributed by atoms with Gasteiger partial charge in [0.05, 0.1) is 0 Å². The molecule has 0 spiro atoms. The molecule has 0 aliphatic carbocycles. The lowest BCUT2D eigenvalue weighted by molar-refractivity contribution is -0.115. The molecule has 1 aliphatic heterocycles. The number of anilines is 2. The second kappa shape index (κ2) is 6.85. The van der Waals surface area contributed by atoms with E-state index in [1.807, 2.05) is 0 Å². The van der Waals surface area contributed by atoms with Crippen molar-refractivity contribution in [2.75, 3.05) is 17.4 Å². The number of benzene rings is 2. The quantitative estimate of drug-likeness (QED) is 0.662. The molecule has 7 nitrogen and oxygen atoms in total. The van der Waals surface area contributed by atoms with Crippen LogP contribution >= 0.6 is 11.6 Å². The van der Waals surface area contributed by atoms with E-state index in [4.69, 9.17) is 25.5 Å². The molecule has 27 heavy (non-hydrogen) atoms. The maximum absolute atomic E-state index is 12.8. The van der Waals surface area contributed by atoms with Crippen molar-refractivity contribution in [3.05, 3.63) is 48.2 Å². The molecular formula is C19H15ClN2O5. The maximum atomic E-state index is 12.8. The van der Waals surface area contributed by atoms with E-state index < -0.39 is 17.2 Å². The zero-order valence-corrected chi connectivity index (χ0v) is 15.0. The lowest BCUT2D eigenvalue weighted by Gasteiger charge is -2.08. The van der Waals surface area contributed by atoms with Gasteiger partial charge in [-0.25, -0.2) is 0 Å². The maximum Gasteiger partial charge on any atom is 0.293 e. The topological polar surface area (TPSA) is 89.8 Å². The highest BCUT2D eigenvalue weighted by Crippen LogP contribution is 2.35. The van der Waals surface area contributed by atoms with Crippen LogP contribution < -0.4 is 20.1 Å². The van der Waals surface area contributed by atoms with Crippen molar-refractivity contribution in [1.29, 1.82) is 0 Å². The Labute approximate surface area is 159 Å². The van der Waals surface area contributed by atoms with Gasteiger partial charge in [-0.2, -0.15) is 0 Å². The fourth-order valence-electron chi connectivity index (χ4n) is 2.71. The summed E-state index contributed by atoms with van der Waals surface area (Å²) in [4.78, 5) is 24.9. The van der Waals surface area contributed by atoms with E-state index in [2.05, 4.69) is 10.6 Å². The lowest BCUT2D eigenvalue weighted by Crippen LogP contribution is -2.22. The largest absolute Gasteiger partial charge is 0.454 e. The van der Waals surface area contributed by atoms with Gasteiger partial charge in [-0.1, -0.05) is 12.1 Å². The average molecular weight is 387 g/mol. The van der Waals surface area contributed by atoms with E-state index in [-0.39, 0.29) is 18.2 Å². The molecule has 0 saturated carbocycles. The van der Waals surface area contributed by atoms with Gasteiger partial charge < -0.3 is 24.5 Å². The van der Waals surface area contributed by atoms with Crippen molar-refractivity contribution in [3.63, 3.8) is 0 Å². The fraction of sp³-hybridized carbons (Fsp3) is 0.158. The Bertz CT molecular complexity index is 1040. The van der Waals surface area contributed by atoms with Crippen LogP contribution in [-0.4, -0.2) is 24.0 Å². The minimum atomic E-state index is -0.761. The normalized spacial score (nSPS) is 13.4. The molecule has 8 heteroatoms. The van der Waals surface area contributed by atoms with E-state index >= 15 is 0 Å². The number of ether oxygens (including phenoxy) is 2. The Balaban J connectivity index is 1.67. The molecule has 2 N–H and O–H groups in total. The SMILES string of the molecule is CC(Cl)C(=O)Nc1c(C(=O)Nc2ccc3c(c2)OCO3)oc2ccccc12. The Hall–Kier alpha value is -3.19. The summed E-state index contributed by atoms with van der Waals surface area (Å²) in [6.45, 7) is 1.69. The molecule has 1 atom stereocenters. The Morgan fingerprint density at radius 3 is 2.67 bits per heavy atom. The number of rotatable bonds is 4. The number of amides is 2. The van der Waals surface area contributed by atoms with Crippen molar-refractivity contribution < 1.29 is 23.5 Å². The van der Waals surface area contributed by atoms with E-state index in [9.17, 15) is 9.59 Å². The first-order valence-corrected chi connectivity index (χ1v) is 8.64. The van der Waals surface area contributed by atoms with Crippen molar-refractivity contribution in [2.24, 2.45) is 0 Å². The van der Waals surface area contributed by atoms with Crippen LogP contribution in [0.15, 0.2) is 46.9 Å². The van der Waals surface area contributed by atoms with Gasteiger partial charge in [-0.15, -0.1) is 11.6 Å². The Morgan fingerprint density at radius 1 is 1.07 bits per heavy atom.